The number of carbonyl (C=O) groups excluding carboxylic acids is 1. The van der Waals surface area contributed by atoms with Crippen molar-refractivity contribution in [3.63, 3.8) is 0 Å². The molecular formula is C13H16N2O2. The van der Waals surface area contributed by atoms with E-state index in [0.29, 0.717) is 25.1 Å². The number of hydrogen-bond acceptors (Lipinski definition) is 4. The molecule has 90 valence electrons. The third-order valence-electron chi connectivity index (χ3n) is 2.49. The highest BCUT2D eigenvalue weighted by Crippen LogP contribution is 2.20. The van der Waals surface area contributed by atoms with E-state index in [9.17, 15) is 4.79 Å². The van der Waals surface area contributed by atoms with E-state index in [4.69, 9.17) is 10.00 Å². The zero-order valence-electron chi connectivity index (χ0n) is 10.1. The van der Waals surface area contributed by atoms with Crippen molar-refractivity contribution in [2.75, 3.05) is 20.7 Å². The topological polar surface area (TPSA) is 53.3 Å². The third kappa shape index (κ3) is 3.89. The number of rotatable bonds is 6. The van der Waals surface area contributed by atoms with Gasteiger partial charge in [0.05, 0.1) is 13.2 Å². The van der Waals surface area contributed by atoms with E-state index in [2.05, 4.69) is 6.07 Å². The molecule has 0 aromatic heterocycles. The van der Waals surface area contributed by atoms with Crippen molar-refractivity contribution < 1.29 is 9.53 Å². The Balaban J connectivity index is 2.80. The maximum atomic E-state index is 10.7. The van der Waals surface area contributed by atoms with E-state index in [-0.39, 0.29) is 0 Å². The molecule has 0 spiro atoms. The van der Waals surface area contributed by atoms with E-state index in [1.165, 1.54) is 0 Å². The third-order valence-corrected chi connectivity index (χ3v) is 2.49. The molecule has 1 aromatic carbocycles. The molecule has 0 aliphatic rings. The molecule has 0 aliphatic carbocycles. The van der Waals surface area contributed by atoms with Gasteiger partial charge in [0.2, 0.25) is 0 Å². The molecule has 1 rings (SSSR count). The second-order valence-electron chi connectivity index (χ2n) is 3.84. The number of carbonyl (C=O) groups is 1. The van der Waals surface area contributed by atoms with Crippen LogP contribution in [0.5, 0.6) is 5.75 Å². The van der Waals surface area contributed by atoms with Gasteiger partial charge in [-0.1, -0.05) is 0 Å². The normalized spacial score (nSPS) is 10.0. The lowest BCUT2D eigenvalue weighted by Gasteiger charge is -2.17. The highest BCUT2D eigenvalue weighted by molar-refractivity contribution is 5.75. The molecule has 0 amide bonds. The molecule has 0 saturated carbocycles. The molecule has 0 fully saturated rings. The molecule has 0 aliphatic heterocycles. The van der Waals surface area contributed by atoms with Gasteiger partial charge in [0.25, 0.3) is 0 Å². The van der Waals surface area contributed by atoms with Gasteiger partial charge < -0.3 is 9.64 Å². The maximum Gasteiger partial charge on any atom is 0.150 e. The van der Waals surface area contributed by atoms with Crippen LogP contribution in [0.3, 0.4) is 0 Å². The van der Waals surface area contributed by atoms with Gasteiger partial charge in [0.1, 0.15) is 12.0 Å². The van der Waals surface area contributed by atoms with Crippen molar-refractivity contribution in [1.29, 1.82) is 5.26 Å². The van der Waals surface area contributed by atoms with Gasteiger partial charge in [-0.25, -0.2) is 0 Å². The Morgan fingerprint density at radius 1 is 1.53 bits per heavy atom. The molecule has 0 radical (unpaired) electrons. The number of ether oxygens (including phenoxy) is 1. The van der Waals surface area contributed by atoms with Crippen molar-refractivity contribution in [3.05, 3.63) is 29.3 Å². The molecule has 0 N–H and O–H groups in total. The molecule has 0 heterocycles. The largest absolute Gasteiger partial charge is 0.496 e. The molecule has 4 nitrogen and oxygen atoms in total. The van der Waals surface area contributed by atoms with Crippen LogP contribution < -0.4 is 4.74 Å². The van der Waals surface area contributed by atoms with Crippen LogP contribution in [0, 0.1) is 11.3 Å². The summed E-state index contributed by atoms with van der Waals surface area (Å²) in [6.45, 7) is 1.36. The van der Waals surface area contributed by atoms with Crippen LogP contribution in [0.1, 0.15) is 22.3 Å². The lowest BCUT2D eigenvalue weighted by molar-refractivity contribution is 0.112. The minimum atomic E-state index is 0.492. The summed E-state index contributed by atoms with van der Waals surface area (Å²) in [4.78, 5) is 12.7. The first kappa shape index (κ1) is 13.2. The van der Waals surface area contributed by atoms with Crippen molar-refractivity contribution in [2.45, 2.75) is 13.0 Å². The zero-order valence-corrected chi connectivity index (χ0v) is 10.1. The predicted octanol–water partition coefficient (Wildman–Crippen LogP) is 1.85. The van der Waals surface area contributed by atoms with Crippen molar-refractivity contribution in [1.82, 2.24) is 4.90 Å². The number of aldehydes is 1. The molecule has 4 heteroatoms. The second kappa shape index (κ2) is 6.66. The number of nitriles is 1. The Morgan fingerprint density at radius 3 is 2.88 bits per heavy atom. The number of nitrogens with zero attached hydrogens (tertiary/aromatic N) is 2. The Hall–Kier alpha value is -1.86. The van der Waals surface area contributed by atoms with Crippen LogP contribution >= 0.6 is 0 Å². The van der Waals surface area contributed by atoms with Crippen LogP contribution in [0.25, 0.3) is 0 Å². The van der Waals surface area contributed by atoms with Gasteiger partial charge in [-0.2, -0.15) is 5.26 Å². The summed E-state index contributed by atoms with van der Waals surface area (Å²) in [6, 6.07) is 7.44. The van der Waals surface area contributed by atoms with Crippen LogP contribution in [0.2, 0.25) is 0 Å². The van der Waals surface area contributed by atoms with E-state index in [1.807, 2.05) is 18.0 Å². The van der Waals surface area contributed by atoms with E-state index in [0.717, 1.165) is 17.6 Å². The van der Waals surface area contributed by atoms with Gasteiger partial charge in [0.15, 0.2) is 0 Å². The Morgan fingerprint density at radius 2 is 2.29 bits per heavy atom. The lowest BCUT2D eigenvalue weighted by Crippen LogP contribution is -2.19. The lowest BCUT2D eigenvalue weighted by atomic mass is 10.1. The van der Waals surface area contributed by atoms with Gasteiger partial charge in [0, 0.05) is 30.6 Å². The summed E-state index contributed by atoms with van der Waals surface area (Å²) in [5.41, 5.74) is 1.59. The Labute approximate surface area is 101 Å². The highest BCUT2D eigenvalue weighted by Gasteiger charge is 2.07. The molecule has 1 aromatic rings. The predicted molar refractivity (Wildman–Crippen MR) is 64.9 cm³/mol. The van der Waals surface area contributed by atoms with E-state index >= 15 is 0 Å². The molecule has 0 bridgehead atoms. The zero-order chi connectivity index (χ0) is 12.7. The van der Waals surface area contributed by atoms with Crippen molar-refractivity contribution in [3.8, 4) is 11.8 Å². The second-order valence-corrected chi connectivity index (χ2v) is 3.84. The fourth-order valence-corrected chi connectivity index (χ4v) is 1.61. The van der Waals surface area contributed by atoms with Crippen molar-refractivity contribution in [2.24, 2.45) is 0 Å². The minimum absolute atomic E-state index is 0.492. The summed E-state index contributed by atoms with van der Waals surface area (Å²) in [6.07, 6.45) is 1.31. The average Bonchev–Trinajstić information content (AvgIpc) is 2.36. The quantitative estimate of drug-likeness (QED) is 0.702. The average molecular weight is 232 g/mol. The molecule has 17 heavy (non-hydrogen) atoms. The van der Waals surface area contributed by atoms with Gasteiger partial charge in [-0.15, -0.1) is 0 Å². The van der Waals surface area contributed by atoms with Gasteiger partial charge >= 0.3 is 0 Å². The molecule has 0 atom stereocenters. The SMILES string of the molecule is COc1ccc(C=O)cc1CN(C)CCC#N. The summed E-state index contributed by atoms with van der Waals surface area (Å²) >= 11 is 0. The maximum absolute atomic E-state index is 10.7. The molecule has 0 unspecified atom stereocenters. The fourth-order valence-electron chi connectivity index (χ4n) is 1.61. The Kier molecular flexibility index (Phi) is 5.18. The van der Waals surface area contributed by atoms with E-state index in [1.54, 1.807) is 19.2 Å². The number of hydrogen-bond donors (Lipinski definition) is 0. The summed E-state index contributed by atoms with van der Waals surface area (Å²) in [5, 5.41) is 8.52. The van der Waals surface area contributed by atoms with Gasteiger partial charge in [-0.05, 0) is 25.2 Å². The van der Waals surface area contributed by atoms with Crippen LogP contribution in [-0.4, -0.2) is 31.9 Å². The number of benzene rings is 1. The standard InChI is InChI=1S/C13H16N2O2/c1-15(7-3-6-14)9-12-8-11(10-16)4-5-13(12)17-2/h4-5,8,10H,3,7,9H2,1-2H3. The minimum Gasteiger partial charge on any atom is -0.496 e. The van der Waals surface area contributed by atoms with Crippen molar-refractivity contribution >= 4 is 6.29 Å². The summed E-state index contributed by atoms with van der Waals surface area (Å²) in [7, 11) is 3.54. The van der Waals surface area contributed by atoms with E-state index < -0.39 is 0 Å². The fraction of sp³-hybridized carbons (Fsp3) is 0.385. The Bertz CT molecular complexity index is 424. The van der Waals surface area contributed by atoms with Crippen LogP contribution in [0.4, 0.5) is 0 Å². The molecule has 0 saturated heterocycles. The van der Waals surface area contributed by atoms with Gasteiger partial charge in [-0.3, -0.25) is 4.79 Å². The first-order valence-corrected chi connectivity index (χ1v) is 5.39. The smallest absolute Gasteiger partial charge is 0.150 e. The summed E-state index contributed by atoms with van der Waals surface area (Å²) in [5.74, 6) is 0.763. The molecular weight excluding hydrogens is 216 g/mol. The first-order valence-electron chi connectivity index (χ1n) is 5.39. The first-order chi connectivity index (χ1) is 8.21. The monoisotopic (exact) mass is 232 g/mol. The number of methoxy groups -OCH3 is 1. The summed E-state index contributed by atoms with van der Waals surface area (Å²) < 4.78 is 5.24. The van der Waals surface area contributed by atoms with Crippen LogP contribution in [-0.2, 0) is 6.54 Å². The highest BCUT2D eigenvalue weighted by atomic mass is 16.5. The van der Waals surface area contributed by atoms with Crippen LogP contribution in [0.15, 0.2) is 18.2 Å².